The zero-order chi connectivity index (χ0) is 33.1. The largest absolute Gasteiger partial charge is 0.208 e. The highest BCUT2D eigenvalue weighted by atomic mass is 32.2. The van der Waals surface area contributed by atoms with Crippen molar-refractivity contribution in [2.24, 2.45) is 0 Å². The maximum atomic E-state index is 5.30. The monoisotopic (exact) mass is 655 g/mol. The Morgan fingerprint density at radius 1 is 0.320 bits per heavy atom. The van der Waals surface area contributed by atoms with E-state index < -0.39 is 5.41 Å². The highest BCUT2D eigenvalue weighted by Gasteiger charge is 2.51. The molecule has 7 aromatic carbocycles. The fourth-order valence-corrected chi connectivity index (χ4v) is 9.08. The van der Waals surface area contributed by atoms with E-state index in [1.165, 1.54) is 48.7 Å². The van der Waals surface area contributed by atoms with E-state index in [0.29, 0.717) is 17.5 Å². The summed E-state index contributed by atoms with van der Waals surface area (Å²) in [7, 11) is 0. The maximum Gasteiger partial charge on any atom is 0.164 e. The lowest BCUT2D eigenvalue weighted by Crippen LogP contribution is -2.32. The SMILES string of the molecule is c1ccc(-c2ccc(-c3nc(-c4ccccc4)nc(-c4cccc5c4C4(c6ccccc6Sc6ccccc64)c4ccccc4-5)n3)cc2)cc1. The molecular formula is C46H29N3S. The van der Waals surface area contributed by atoms with E-state index in [-0.39, 0.29) is 0 Å². The van der Waals surface area contributed by atoms with Crippen LogP contribution in [0, 0.1) is 0 Å². The molecular weight excluding hydrogens is 627 g/mol. The van der Waals surface area contributed by atoms with Crippen LogP contribution in [0.25, 0.3) is 56.4 Å². The molecule has 10 rings (SSSR count). The minimum absolute atomic E-state index is 0.544. The second kappa shape index (κ2) is 11.5. The third-order valence-corrected chi connectivity index (χ3v) is 11.2. The maximum absolute atomic E-state index is 5.30. The van der Waals surface area contributed by atoms with Crippen LogP contribution in [0.15, 0.2) is 186 Å². The van der Waals surface area contributed by atoms with Crippen LogP contribution in [-0.4, -0.2) is 15.0 Å². The van der Waals surface area contributed by atoms with Crippen molar-refractivity contribution in [1.29, 1.82) is 0 Å². The van der Waals surface area contributed by atoms with Gasteiger partial charge in [-0.2, -0.15) is 0 Å². The molecule has 2 aliphatic rings. The van der Waals surface area contributed by atoms with Gasteiger partial charge < -0.3 is 0 Å². The van der Waals surface area contributed by atoms with E-state index in [1.807, 2.05) is 36.0 Å². The second-order valence-corrected chi connectivity index (χ2v) is 13.8. The molecule has 0 fully saturated rings. The van der Waals surface area contributed by atoms with Gasteiger partial charge >= 0.3 is 0 Å². The molecule has 3 nitrogen and oxygen atoms in total. The van der Waals surface area contributed by atoms with Crippen LogP contribution in [0.5, 0.6) is 0 Å². The van der Waals surface area contributed by atoms with Crippen LogP contribution < -0.4 is 0 Å². The lowest BCUT2D eigenvalue weighted by Gasteiger charge is -2.40. The Balaban J connectivity index is 1.25. The van der Waals surface area contributed by atoms with Crippen molar-refractivity contribution in [2.75, 3.05) is 0 Å². The first-order valence-electron chi connectivity index (χ1n) is 16.9. The smallest absolute Gasteiger partial charge is 0.164 e. The second-order valence-electron chi connectivity index (χ2n) is 12.7. The standard InChI is InChI=1S/C46H29N3S/c1-3-14-30(15-4-1)31-26-28-33(29-27-31)44-47-43(32-16-5-2-6-17-32)48-45(49-44)36-20-13-19-35-34-18-7-8-21-37(34)46(42(35)36)38-22-9-11-24-40(38)50-41-25-12-10-23-39(41)46/h1-29H. The normalized spacial score (nSPS) is 13.3. The summed E-state index contributed by atoms with van der Waals surface area (Å²) in [5.74, 6) is 1.97. The topological polar surface area (TPSA) is 38.7 Å². The summed E-state index contributed by atoms with van der Waals surface area (Å²) < 4.78 is 0. The molecule has 0 saturated carbocycles. The molecule has 0 unspecified atom stereocenters. The summed E-state index contributed by atoms with van der Waals surface area (Å²) in [4.78, 5) is 18.2. The van der Waals surface area contributed by atoms with E-state index in [2.05, 4.69) is 152 Å². The molecule has 2 heterocycles. The molecule has 1 aromatic heterocycles. The third-order valence-electron chi connectivity index (χ3n) is 10.0. The molecule has 1 aliphatic carbocycles. The highest BCUT2D eigenvalue weighted by molar-refractivity contribution is 7.99. The van der Waals surface area contributed by atoms with Crippen LogP contribution in [0.3, 0.4) is 0 Å². The molecule has 0 N–H and O–H groups in total. The van der Waals surface area contributed by atoms with Gasteiger partial charge in [0.1, 0.15) is 0 Å². The molecule has 8 aromatic rings. The van der Waals surface area contributed by atoms with Gasteiger partial charge in [0.15, 0.2) is 17.5 Å². The first-order chi connectivity index (χ1) is 24.8. The van der Waals surface area contributed by atoms with E-state index in [4.69, 9.17) is 15.0 Å². The van der Waals surface area contributed by atoms with Crippen LogP contribution in [0.2, 0.25) is 0 Å². The van der Waals surface area contributed by atoms with Gasteiger partial charge in [0.25, 0.3) is 0 Å². The van der Waals surface area contributed by atoms with Crippen LogP contribution in [-0.2, 0) is 5.41 Å². The van der Waals surface area contributed by atoms with Gasteiger partial charge in [0.2, 0.25) is 0 Å². The Labute approximate surface area is 295 Å². The molecule has 0 radical (unpaired) electrons. The van der Waals surface area contributed by atoms with E-state index >= 15 is 0 Å². The van der Waals surface area contributed by atoms with Gasteiger partial charge in [-0.3, -0.25) is 0 Å². The van der Waals surface area contributed by atoms with Crippen molar-refractivity contribution in [1.82, 2.24) is 15.0 Å². The molecule has 1 spiro atoms. The van der Waals surface area contributed by atoms with E-state index in [0.717, 1.165) is 22.3 Å². The van der Waals surface area contributed by atoms with Gasteiger partial charge in [0, 0.05) is 26.5 Å². The molecule has 0 bridgehead atoms. The third kappa shape index (κ3) is 4.35. The van der Waals surface area contributed by atoms with Gasteiger partial charge in [-0.15, -0.1) is 0 Å². The number of benzene rings is 7. The van der Waals surface area contributed by atoms with Gasteiger partial charge in [-0.1, -0.05) is 176 Å². The van der Waals surface area contributed by atoms with Crippen molar-refractivity contribution in [2.45, 2.75) is 15.2 Å². The Kier molecular flexibility index (Phi) is 6.64. The van der Waals surface area contributed by atoms with Gasteiger partial charge in [-0.05, 0) is 56.6 Å². The summed E-state index contributed by atoms with van der Waals surface area (Å²) in [5, 5.41) is 0. The Bertz CT molecular complexity index is 2520. The summed E-state index contributed by atoms with van der Waals surface area (Å²) in [5.41, 5.74) is 12.2. The first-order valence-corrected chi connectivity index (χ1v) is 17.7. The Morgan fingerprint density at radius 2 is 0.760 bits per heavy atom. The summed E-state index contributed by atoms with van der Waals surface area (Å²) in [6.07, 6.45) is 0. The highest BCUT2D eigenvalue weighted by Crippen LogP contribution is 2.63. The Hall–Kier alpha value is -6.10. The first kappa shape index (κ1) is 28.9. The molecule has 234 valence electrons. The zero-order valence-electron chi connectivity index (χ0n) is 27.0. The van der Waals surface area contributed by atoms with Crippen molar-refractivity contribution < 1.29 is 0 Å². The zero-order valence-corrected chi connectivity index (χ0v) is 27.8. The average Bonchev–Trinajstić information content (AvgIpc) is 3.49. The number of hydrogen-bond acceptors (Lipinski definition) is 4. The molecule has 0 saturated heterocycles. The number of nitrogens with zero attached hydrogens (tertiary/aromatic N) is 3. The van der Waals surface area contributed by atoms with E-state index in [9.17, 15) is 0 Å². The average molecular weight is 656 g/mol. The molecule has 0 amide bonds. The molecule has 1 aliphatic heterocycles. The van der Waals surface area contributed by atoms with Gasteiger partial charge in [0.05, 0.1) is 5.41 Å². The summed E-state index contributed by atoms with van der Waals surface area (Å²) in [6, 6.07) is 62.5. The minimum atomic E-state index is -0.544. The molecule has 50 heavy (non-hydrogen) atoms. The molecule has 4 heteroatoms. The number of rotatable bonds is 4. The lowest BCUT2D eigenvalue weighted by molar-refractivity contribution is 0.723. The predicted octanol–water partition coefficient (Wildman–Crippen LogP) is 11.4. The summed E-state index contributed by atoms with van der Waals surface area (Å²) in [6.45, 7) is 0. The van der Waals surface area contributed by atoms with Gasteiger partial charge in [-0.25, -0.2) is 15.0 Å². The lowest BCUT2D eigenvalue weighted by atomic mass is 9.66. The number of hydrogen-bond donors (Lipinski definition) is 0. The molecule has 0 atom stereocenters. The van der Waals surface area contributed by atoms with E-state index in [1.54, 1.807) is 0 Å². The number of aromatic nitrogens is 3. The Morgan fingerprint density at radius 3 is 1.42 bits per heavy atom. The fraction of sp³-hybridized carbons (Fsp3) is 0.0217. The van der Waals surface area contributed by atoms with Crippen LogP contribution in [0.1, 0.15) is 22.3 Å². The minimum Gasteiger partial charge on any atom is -0.208 e. The van der Waals surface area contributed by atoms with Crippen molar-refractivity contribution in [3.05, 3.63) is 198 Å². The van der Waals surface area contributed by atoms with Crippen LogP contribution >= 0.6 is 11.8 Å². The quantitative estimate of drug-likeness (QED) is 0.189. The number of fused-ring (bicyclic) bond motifs is 9. The van der Waals surface area contributed by atoms with Crippen molar-refractivity contribution in [3.63, 3.8) is 0 Å². The van der Waals surface area contributed by atoms with Crippen LogP contribution in [0.4, 0.5) is 0 Å². The predicted molar refractivity (Wildman–Crippen MR) is 203 cm³/mol. The van der Waals surface area contributed by atoms with Crippen molar-refractivity contribution in [3.8, 4) is 56.4 Å². The summed E-state index contributed by atoms with van der Waals surface area (Å²) >= 11 is 1.85. The fourth-order valence-electron chi connectivity index (χ4n) is 7.88. The van der Waals surface area contributed by atoms with Crippen molar-refractivity contribution >= 4 is 11.8 Å².